The molecule has 3 rings (SSSR count). The number of hydrogen-bond acceptors (Lipinski definition) is 3. The molecule has 0 bridgehead atoms. The maximum Gasteiger partial charge on any atom is 0.254 e. The molecule has 4 heteroatoms. The molecule has 1 heterocycles. The minimum Gasteiger partial charge on any atom is -0.490 e. The van der Waals surface area contributed by atoms with Crippen LogP contribution in [0.3, 0.4) is 0 Å². The van der Waals surface area contributed by atoms with Crippen LogP contribution >= 0.6 is 0 Å². The van der Waals surface area contributed by atoms with Gasteiger partial charge in [0.25, 0.3) is 5.91 Å². The number of amides is 1. The molecule has 0 aliphatic carbocycles. The highest BCUT2D eigenvalue weighted by atomic mass is 16.5. The van der Waals surface area contributed by atoms with Gasteiger partial charge in [0.05, 0.1) is 0 Å². The zero-order valence-electron chi connectivity index (χ0n) is 16.7. The van der Waals surface area contributed by atoms with Crippen molar-refractivity contribution < 1.29 is 9.53 Å². The largest absolute Gasteiger partial charge is 0.490 e. The third-order valence-corrected chi connectivity index (χ3v) is 5.36. The van der Waals surface area contributed by atoms with Crippen LogP contribution in [0.15, 0.2) is 67.3 Å². The molecular weight excluding hydrogens is 348 g/mol. The summed E-state index contributed by atoms with van der Waals surface area (Å²) in [6, 6.07) is 18.2. The number of piperidine rings is 1. The Kier molecular flexibility index (Phi) is 7.26. The molecule has 1 aliphatic rings. The molecule has 0 unspecified atom stereocenters. The number of likely N-dealkylation sites (tertiary alicyclic amines) is 1. The summed E-state index contributed by atoms with van der Waals surface area (Å²) in [5, 5.41) is 0. The molecule has 0 radical (unpaired) electrons. The average Bonchev–Trinajstić information content (AvgIpc) is 2.76. The monoisotopic (exact) mass is 378 g/mol. The first kappa shape index (κ1) is 20.2. The van der Waals surface area contributed by atoms with Crippen molar-refractivity contribution in [1.82, 2.24) is 9.80 Å². The van der Waals surface area contributed by atoms with Crippen molar-refractivity contribution >= 4 is 5.91 Å². The summed E-state index contributed by atoms with van der Waals surface area (Å²) in [5.41, 5.74) is 2.04. The number of nitrogens with zero attached hydrogens (tertiary/aromatic N) is 2. The van der Waals surface area contributed by atoms with Gasteiger partial charge in [-0.1, -0.05) is 49.1 Å². The Morgan fingerprint density at radius 3 is 2.86 bits per heavy atom. The van der Waals surface area contributed by atoms with E-state index in [4.69, 9.17) is 4.74 Å². The fourth-order valence-electron chi connectivity index (χ4n) is 3.73. The van der Waals surface area contributed by atoms with Gasteiger partial charge in [0, 0.05) is 31.7 Å². The molecule has 148 valence electrons. The Bertz CT molecular complexity index is 775. The van der Waals surface area contributed by atoms with Crippen LogP contribution in [0.5, 0.6) is 5.75 Å². The third-order valence-electron chi connectivity index (χ3n) is 5.36. The zero-order valence-corrected chi connectivity index (χ0v) is 16.7. The van der Waals surface area contributed by atoms with E-state index in [1.807, 2.05) is 36.2 Å². The Hall–Kier alpha value is -2.59. The first-order valence-electron chi connectivity index (χ1n) is 10.0. The van der Waals surface area contributed by atoms with Crippen LogP contribution in [0.1, 0.15) is 28.8 Å². The molecule has 0 saturated carbocycles. The predicted octanol–water partition coefficient (Wildman–Crippen LogP) is 4.03. The summed E-state index contributed by atoms with van der Waals surface area (Å²) in [7, 11) is 1.92. The molecular formula is C24H30N2O2. The Morgan fingerprint density at radius 1 is 1.25 bits per heavy atom. The van der Waals surface area contributed by atoms with Gasteiger partial charge in [-0.15, -0.1) is 0 Å². The quantitative estimate of drug-likeness (QED) is 0.650. The lowest BCUT2D eigenvalue weighted by atomic mass is 10.0. The summed E-state index contributed by atoms with van der Waals surface area (Å²) in [6.45, 7) is 7.17. The van der Waals surface area contributed by atoms with Gasteiger partial charge in [0.1, 0.15) is 12.4 Å². The zero-order chi connectivity index (χ0) is 19.8. The topological polar surface area (TPSA) is 32.8 Å². The van der Waals surface area contributed by atoms with Crippen molar-refractivity contribution in [2.75, 3.05) is 33.3 Å². The van der Waals surface area contributed by atoms with Crippen molar-refractivity contribution in [3.05, 3.63) is 78.4 Å². The second-order valence-corrected chi connectivity index (χ2v) is 7.38. The molecule has 2 aromatic carbocycles. The van der Waals surface area contributed by atoms with Crippen LogP contribution in [0.4, 0.5) is 0 Å². The number of likely N-dealkylation sites (N-methyl/N-ethyl adjacent to an activating group) is 1. The fourth-order valence-corrected chi connectivity index (χ4v) is 3.73. The van der Waals surface area contributed by atoms with Gasteiger partial charge in [-0.05, 0) is 49.6 Å². The molecule has 1 fully saturated rings. The predicted molar refractivity (Wildman–Crippen MR) is 114 cm³/mol. The van der Waals surface area contributed by atoms with Crippen LogP contribution in [0.25, 0.3) is 0 Å². The van der Waals surface area contributed by atoms with E-state index in [9.17, 15) is 4.79 Å². The molecule has 1 saturated heterocycles. The van der Waals surface area contributed by atoms with E-state index in [1.165, 1.54) is 5.56 Å². The van der Waals surface area contributed by atoms with Gasteiger partial charge in [-0.3, -0.25) is 4.79 Å². The summed E-state index contributed by atoms with van der Waals surface area (Å²) in [5.74, 6) is 0.756. The van der Waals surface area contributed by atoms with Crippen molar-refractivity contribution in [3.8, 4) is 5.75 Å². The molecule has 0 aromatic heterocycles. The van der Waals surface area contributed by atoms with Crippen LogP contribution in [0.2, 0.25) is 0 Å². The van der Waals surface area contributed by atoms with Gasteiger partial charge in [0.2, 0.25) is 0 Å². The number of ether oxygens (including phenoxy) is 1. The normalized spacial score (nSPS) is 17.1. The maximum atomic E-state index is 13.0. The molecule has 0 spiro atoms. The molecule has 4 nitrogen and oxygen atoms in total. The molecule has 28 heavy (non-hydrogen) atoms. The van der Waals surface area contributed by atoms with Crippen LogP contribution in [-0.4, -0.2) is 55.0 Å². The lowest BCUT2D eigenvalue weighted by Gasteiger charge is -2.37. The van der Waals surface area contributed by atoms with E-state index in [2.05, 4.69) is 41.8 Å². The Balaban J connectivity index is 1.57. The molecule has 1 amide bonds. The number of benzene rings is 2. The van der Waals surface area contributed by atoms with E-state index in [0.29, 0.717) is 17.9 Å². The second-order valence-electron chi connectivity index (χ2n) is 7.38. The smallest absolute Gasteiger partial charge is 0.254 e. The molecule has 1 atom stereocenters. The van der Waals surface area contributed by atoms with E-state index in [-0.39, 0.29) is 11.9 Å². The van der Waals surface area contributed by atoms with Crippen LogP contribution < -0.4 is 4.74 Å². The van der Waals surface area contributed by atoms with E-state index < -0.39 is 0 Å². The van der Waals surface area contributed by atoms with Gasteiger partial charge in [-0.2, -0.15) is 0 Å². The SMILES string of the molecule is C=CCOc1cccc(C(=O)N(C)[C@@H]2CCCN(CCc3ccccc3)C2)c1. The molecule has 2 aromatic rings. The van der Waals surface area contributed by atoms with Crippen LogP contribution in [-0.2, 0) is 6.42 Å². The Morgan fingerprint density at radius 2 is 2.07 bits per heavy atom. The van der Waals surface area contributed by atoms with Gasteiger partial charge >= 0.3 is 0 Å². The van der Waals surface area contributed by atoms with E-state index >= 15 is 0 Å². The van der Waals surface area contributed by atoms with Gasteiger partial charge in [-0.25, -0.2) is 0 Å². The standard InChI is InChI=1S/C24H30N2O2/c1-3-17-28-23-13-7-11-21(18-23)24(27)25(2)22-12-8-15-26(19-22)16-14-20-9-5-4-6-10-20/h3-7,9-11,13,18,22H,1,8,12,14-17,19H2,2H3/t22-/m1/s1. The second kappa shape index (κ2) is 10.1. The van der Waals surface area contributed by atoms with Crippen molar-refractivity contribution in [2.45, 2.75) is 25.3 Å². The lowest BCUT2D eigenvalue weighted by Crippen LogP contribution is -2.49. The number of carbonyl (C=O) groups is 1. The van der Waals surface area contributed by atoms with Crippen molar-refractivity contribution in [2.24, 2.45) is 0 Å². The first-order valence-corrected chi connectivity index (χ1v) is 10.0. The van der Waals surface area contributed by atoms with Gasteiger partial charge in [0.15, 0.2) is 0 Å². The summed E-state index contributed by atoms with van der Waals surface area (Å²) >= 11 is 0. The highest BCUT2D eigenvalue weighted by molar-refractivity contribution is 5.94. The highest BCUT2D eigenvalue weighted by Crippen LogP contribution is 2.20. The van der Waals surface area contributed by atoms with E-state index in [1.54, 1.807) is 6.08 Å². The first-order chi connectivity index (χ1) is 13.7. The minimum atomic E-state index is 0.0546. The molecule has 0 N–H and O–H groups in total. The van der Waals surface area contributed by atoms with Crippen molar-refractivity contribution in [1.29, 1.82) is 0 Å². The molecule has 1 aliphatic heterocycles. The number of carbonyl (C=O) groups excluding carboxylic acids is 1. The highest BCUT2D eigenvalue weighted by Gasteiger charge is 2.26. The number of rotatable bonds is 8. The minimum absolute atomic E-state index is 0.0546. The Labute approximate surface area is 168 Å². The van der Waals surface area contributed by atoms with Crippen molar-refractivity contribution in [3.63, 3.8) is 0 Å². The lowest BCUT2D eigenvalue weighted by molar-refractivity contribution is 0.0619. The van der Waals surface area contributed by atoms with Crippen LogP contribution in [0, 0.1) is 0 Å². The maximum absolute atomic E-state index is 13.0. The third kappa shape index (κ3) is 5.46. The average molecular weight is 379 g/mol. The van der Waals surface area contributed by atoms with Gasteiger partial charge < -0.3 is 14.5 Å². The fraction of sp³-hybridized carbons (Fsp3) is 0.375. The number of hydrogen-bond donors (Lipinski definition) is 0. The summed E-state index contributed by atoms with van der Waals surface area (Å²) < 4.78 is 5.57. The summed E-state index contributed by atoms with van der Waals surface area (Å²) in [6.07, 6.45) is 4.93. The summed E-state index contributed by atoms with van der Waals surface area (Å²) in [4.78, 5) is 17.4. The van der Waals surface area contributed by atoms with E-state index in [0.717, 1.165) is 38.9 Å².